The van der Waals surface area contributed by atoms with E-state index in [0.717, 1.165) is 0 Å². The van der Waals surface area contributed by atoms with Gasteiger partial charge in [0.25, 0.3) is 0 Å². The van der Waals surface area contributed by atoms with E-state index < -0.39 is 30.3 Å². The molecule has 5 N–H and O–H groups in total. The molecular weight excluding hydrogens is 420 g/mol. The molecule has 22 heavy (non-hydrogen) atoms. The summed E-state index contributed by atoms with van der Waals surface area (Å²) in [5, 5.41) is 40.8. The van der Waals surface area contributed by atoms with E-state index in [1.165, 1.54) is 14.0 Å². The smallest absolute Gasteiger partial charge is 0.328 e. The van der Waals surface area contributed by atoms with Gasteiger partial charge in [-0.05, 0) is 13.3 Å². The van der Waals surface area contributed by atoms with Gasteiger partial charge in [-0.25, -0.2) is 4.79 Å². The molecule has 3 atom stereocenters. The van der Waals surface area contributed by atoms with Gasteiger partial charge in [0.1, 0.15) is 0 Å². The van der Waals surface area contributed by atoms with E-state index in [4.69, 9.17) is 9.84 Å². The quantitative estimate of drug-likeness (QED) is 0.335. The maximum atomic E-state index is 11.2. The number of methoxy groups -OCH3 is 1. The standard InChI is InChI=1S/C13H21N2O6.Ce/c1-7(17)10(12(18)19)15-9-5-13(20,6-16)4-8(14-2)11(9)21-3;/h7,10,15-17,20H,2,4-6H2,1,3H3,(H,18,19);/q-1;/t7-,10+,13+;/m1./s1. The molecule has 0 spiro atoms. The van der Waals surface area contributed by atoms with Crippen molar-refractivity contribution in [2.45, 2.75) is 37.5 Å². The van der Waals surface area contributed by atoms with E-state index in [9.17, 15) is 20.1 Å². The predicted molar refractivity (Wildman–Crippen MR) is 74.3 cm³/mol. The van der Waals surface area contributed by atoms with Crippen molar-refractivity contribution in [2.75, 3.05) is 13.7 Å². The second-order valence-electron chi connectivity index (χ2n) is 5.05. The minimum Gasteiger partial charge on any atom is -0.512 e. The predicted octanol–water partition coefficient (Wildman–Crippen LogP) is -0.982. The van der Waals surface area contributed by atoms with Crippen molar-refractivity contribution in [2.24, 2.45) is 4.99 Å². The van der Waals surface area contributed by atoms with Gasteiger partial charge in [0.05, 0.1) is 31.2 Å². The van der Waals surface area contributed by atoms with E-state index in [-0.39, 0.29) is 66.0 Å². The van der Waals surface area contributed by atoms with Gasteiger partial charge in [-0.1, -0.05) is 5.71 Å². The normalized spacial score (nSPS) is 26.1. The molecule has 0 heterocycles. The van der Waals surface area contributed by atoms with Gasteiger partial charge >= 0.3 is 5.97 Å². The minimum absolute atomic E-state index is 0. The van der Waals surface area contributed by atoms with Crippen molar-refractivity contribution in [3.63, 3.8) is 0 Å². The summed E-state index contributed by atoms with van der Waals surface area (Å²) >= 11 is 0. The van der Waals surface area contributed by atoms with E-state index in [2.05, 4.69) is 17.4 Å². The van der Waals surface area contributed by atoms with Crippen molar-refractivity contribution in [3.05, 3.63) is 18.5 Å². The Kier molecular flexibility index (Phi) is 8.88. The topological polar surface area (TPSA) is 132 Å². The first-order valence-corrected chi connectivity index (χ1v) is 6.38. The fourth-order valence-electron chi connectivity index (χ4n) is 2.21. The number of nitrogens with zero attached hydrogens (tertiary/aromatic N) is 1. The van der Waals surface area contributed by atoms with E-state index >= 15 is 0 Å². The summed E-state index contributed by atoms with van der Waals surface area (Å²) in [6.45, 7) is 0.802. The second-order valence-corrected chi connectivity index (χ2v) is 5.05. The third-order valence-electron chi connectivity index (χ3n) is 3.31. The number of aliphatic imine (C=N–C) groups is 1. The molecule has 0 unspecified atom stereocenters. The van der Waals surface area contributed by atoms with Gasteiger partial charge in [-0.3, -0.25) is 0 Å². The van der Waals surface area contributed by atoms with Gasteiger partial charge in [-0.15, -0.1) is 0 Å². The molecule has 0 aliphatic heterocycles. The Hall–Kier alpha value is -0.393. The van der Waals surface area contributed by atoms with Gasteiger partial charge < -0.3 is 35.5 Å². The zero-order valence-corrected chi connectivity index (χ0v) is 15.7. The first-order valence-electron chi connectivity index (χ1n) is 6.38. The van der Waals surface area contributed by atoms with Crippen LogP contribution in [0.3, 0.4) is 0 Å². The third-order valence-corrected chi connectivity index (χ3v) is 3.31. The number of hydrogen-bond donors (Lipinski definition) is 5. The molecule has 0 amide bonds. The van der Waals surface area contributed by atoms with Crippen molar-refractivity contribution in [1.29, 1.82) is 0 Å². The molecule has 0 aromatic rings. The third kappa shape index (κ3) is 5.07. The van der Waals surface area contributed by atoms with E-state index in [0.29, 0.717) is 5.71 Å². The molecule has 0 radical (unpaired) electrons. The summed E-state index contributed by atoms with van der Waals surface area (Å²) in [5.74, 6) is -0.991. The van der Waals surface area contributed by atoms with Gasteiger partial charge in [0.2, 0.25) is 0 Å². The molecule has 1 aliphatic rings. The van der Waals surface area contributed by atoms with Crippen LogP contribution in [0.2, 0.25) is 0 Å². The van der Waals surface area contributed by atoms with Crippen LogP contribution in [0.25, 0.3) is 0 Å². The maximum Gasteiger partial charge on any atom is 0.328 e. The van der Waals surface area contributed by atoms with Crippen LogP contribution in [0.15, 0.2) is 16.4 Å². The molecule has 0 aromatic heterocycles. The Labute approximate surface area is 162 Å². The first kappa shape index (κ1) is 21.6. The number of allylic oxidation sites excluding steroid dienone is 1. The number of aliphatic hydroxyl groups excluding tert-OH is 2. The fraction of sp³-hybridized carbons (Fsp3) is 0.615. The molecular formula is C13H21CeN2O6-. The number of carbonyl (C=O) groups is 1. The molecule has 0 bridgehead atoms. The van der Waals surface area contributed by atoms with Gasteiger partial charge in [0, 0.05) is 53.9 Å². The van der Waals surface area contributed by atoms with Crippen LogP contribution in [-0.4, -0.2) is 63.6 Å². The van der Waals surface area contributed by atoms with Crippen molar-refractivity contribution >= 4 is 11.7 Å². The Morgan fingerprint density at radius 1 is 1.55 bits per heavy atom. The average molecular weight is 441 g/mol. The average Bonchev–Trinajstić information content (AvgIpc) is 2.43. The fourth-order valence-corrected chi connectivity index (χ4v) is 2.21. The summed E-state index contributed by atoms with van der Waals surface area (Å²) < 4.78 is 5.18. The van der Waals surface area contributed by atoms with E-state index in [1.807, 2.05) is 0 Å². The number of carboxylic acid groups (broad SMARTS) is 1. The van der Waals surface area contributed by atoms with Crippen LogP contribution in [0.1, 0.15) is 19.8 Å². The van der Waals surface area contributed by atoms with Crippen LogP contribution in [-0.2, 0) is 9.53 Å². The summed E-state index contributed by atoms with van der Waals surface area (Å²) in [7, 11) is 4.76. The molecule has 1 aliphatic carbocycles. The Morgan fingerprint density at radius 2 is 2.14 bits per heavy atom. The molecule has 0 aromatic carbocycles. The second kappa shape index (κ2) is 9.04. The van der Waals surface area contributed by atoms with E-state index in [1.54, 1.807) is 0 Å². The summed E-state index contributed by atoms with van der Waals surface area (Å²) in [4.78, 5) is 14.9. The molecule has 124 valence electrons. The number of aliphatic hydroxyl groups is 3. The van der Waals surface area contributed by atoms with Crippen LogP contribution in [0, 0.1) is 48.8 Å². The molecule has 0 fully saturated rings. The monoisotopic (exact) mass is 441 g/mol. The molecule has 8 nitrogen and oxygen atoms in total. The van der Waals surface area contributed by atoms with Crippen LogP contribution in [0.4, 0.5) is 0 Å². The Morgan fingerprint density at radius 3 is 2.50 bits per heavy atom. The van der Waals surface area contributed by atoms with Crippen molar-refractivity contribution in [3.8, 4) is 0 Å². The summed E-state index contributed by atoms with van der Waals surface area (Å²) in [5.41, 5.74) is -0.934. The number of ether oxygens (including phenoxy) is 1. The minimum atomic E-state index is -1.48. The summed E-state index contributed by atoms with van der Waals surface area (Å²) in [6.07, 6.45) is -1.19. The van der Waals surface area contributed by atoms with Gasteiger partial charge in [-0.2, -0.15) is 7.05 Å². The number of rotatable bonds is 6. The summed E-state index contributed by atoms with van der Waals surface area (Å²) in [6, 6.07) is -1.28. The van der Waals surface area contributed by atoms with Crippen LogP contribution >= 0.6 is 0 Å². The zero-order chi connectivity index (χ0) is 16.2. The number of hydrogen-bond acceptors (Lipinski definition) is 7. The number of carboxylic acids is 1. The molecule has 0 saturated carbocycles. The SMILES string of the molecule is [CH2-]N=C1C[C@@](O)(CO)CC(N[C@H](C(=O)O)[C@@H](C)O)=C1OC.[Ce]. The number of nitrogens with one attached hydrogen (secondary N) is 1. The van der Waals surface area contributed by atoms with Crippen LogP contribution < -0.4 is 5.32 Å². The largest absolute Gasteiger partial charge is 0.512 e. The Bertz CT molecular complexity index is 465. The molecule has 9 heteroatoms. The van der Waals surface area contributed by atoms with Crippen LogP contribution in [0.5, 0.6) is 0 Å². The molecule has 1 rings (SSSR count). The zero-order valence-electron chi connectivity index (χ0n) is 12.5. The van der Waals surface area contributed by atoms with Crippen molar-refractivity contribution in [1.82, 2.24) is 5.32 Å². The molecule has 0 saturated heterocycles. The number of aliphatic carboxylic acids is 1. The Balaban J connectivity index is 0.00000441. The van der Waals surface area contributed by atoms with Crippen molar-refractivity contribution < 1.29 is 71.7 Å². The van der Waals surface area contributed by atoms with Gasteiger partial charge in [0.15, 0.2) is 6.04 Å². The first-order chi connectivity index (χ1) is 9.77. The maximum absolute atomic E-state index is 11.2.